The van der Waals surface area contributed by atoms with Gasteiger partial charge in [0, 0.05) is 13.0 Å². The summed E-state index contributed by atoms with van der Waals surface area (Å²) >= 11 is 0. The Balaban J connectivity index is 3.77. The number of carbonyl (C=O) groups is 2. The van der Waals surface area contributed by atoms with Gasteiger partial charge in [0.25, 0.3) is 0 Å². The van der Waals surface area contributed by atoms with Crippen molar-refractivity contribution in [2.75, 3.05) is 6.54 Å². The van der Waals surface area contributed by atoms with Crippen molar-refractivity contribution in [1.82, 2.24) is 5.32 Å². The van der Waals surface area contributed by atoms with E-state index in [0.717, 1.165) is 6.42 Å². The lowest BCUT2D eigenvalue weighted by Crippen LogP contribution is -2.19. The molecule has 1 amide bonds. The van der Waals surface area contributed by atoms with Gasteiger partial charge in [0.2, 0.25) is 6.41 Å². The first kappa shape index (κ1) is 12.9. The fourth-order valence-electron chi connectivity index (χ4n) is 1.45. The zero-order valence-electron chi connectivity index (χ0n) is 8.82. The normalized spacial score (nSPS) is 12.5. The second kappa shape index (κ2) is 7.35. The molecule has 1 atom stereocenters. The van der Waals surface area contributed by atoms with E-state index in [-0.39, 0.29) is 6.42 Å². The maximum Gasteiger partial charge on any atom is 0.303 e. The monoisotopic (exact) mass is 201 g/mol. The Kier molecular flexibility index (Phi) is 6.80. The van der Waals surface area contributed by atoms with E-state index in [1.54, 1.807) is 0 Å². The van der Waals surface area contributed by atoms with E-state index in [1.807, 2.05) is 0 Å². The van der Waals surface area contributed by atoms with Gasteiger partial charge >= 0.3 is 5.97 Å². The van der Waals surface area contributed by atoms with E-state index >= 15 is 0 Å². The Bertz CT molecular complexity index is 180. The first-order valence-electron chi connectivity index (χ1n) is 4.96. The summed E-state index contributed by atoms with van der Waals surface area (Å²) in [5.41, 5.74) is 0. The number of carbonyl (C=O) groups excluding carboxylic acids is 1. The molecule has 0 saturated heterocycles. The third-order valence-corrected chi connectivity index (χ3v) is 2.41. The molecule has 14 heavy (non-hydrogen) atoms. The van der Waals surface area contributed by atoms with Gasteiger partial charge in [-0.2, -0.15) is 0 Å². The number of amides is 1. The fraction of sp³-hybridized carbons (Fsp3) is 0.800. The number of hydrogen-bond donors (Lipinski definition) is 2. The number of hydrogen-bond acceptors (Lipinski definition) is 2. The third-order valence-electron chi connectivity index (χ3n) is 2.41. The van der Waals surface area contributed by atoms with Gasteiger partial charge in [0.15, 0.2) is 0 Å². The maximum atomic E-state index is 10.4. The minimum Gasteiger partial charge on any atom is -0.481 e. The van der Waals surface area contributed by atoms with Crippen LogP contribution >= 0.6 is 0 Å². The highest BCUT2D eigenvalue weighted by Gasteiger charge is 2.14. The van der Waals surface area contributed by atoms with Crippen molar-refractivity contribution < 1.29 is 14.7 Å². The molecule has 0 aromatic heterocycles. The highest BCUT2D eigenvalue weighted by Crippen LogP contribution is 2.20. The Morgan fingerprint density at radius 3 is 2.50 bits per heavy atom. The molecule has 82 valence electrons. The van der Waals surface area contributed by atoms with Crippen LogP contribution < -0.4 is 5.32 Å². The van der Waals surface area contributed by atoms with Gasteiger partial charge in [0.05, 0.1) is 0 Å². The van der Waals surface area contributed by atoms with Crippen LogP contribution in [0.15, 0.2) is 0 Å². The molecule has 0 aliphatic heterocycles. The quantitative estimate of drug-likeness (QED) is 0.459. The summed E-state index contributed by atoms with van der Waals surface area (Å²) in [6.07, 6.45) is 2.43. The average Bonchev–Trinajstić information content (AvgIpc) is 2.10. The molecule has 1 unspecified atom stereocenters. The van der Waals surface area contributed by atoms with E-state index in [4.69, 9.17) is 5.11 Å². The van der Waals surface area contributed by atoms with Gasteiger partial charge in [-0.1, -0.05) is 13.8 Å². The zero-order chi connectivity index (χ0) is 11.0. The standard InChI is InChI=1S/C10H19NO3/c1-8(2)9(3-4-10(13)14)5-6-11-7-12/h7-9H,3-6H2,1-2H3,(H,11,12)(H,13,14). The Hall–Kier alpha value is -1.06. The lowest BCUT2D eigenvalue weighted by atomic mass is 9.88. The molecule has 0 aliphatic carbocycles. The molecular weight excluding hydrogens is 182 g/mol. The highest BCUT2D eigenvalue weighted by atomic mass is 16.4. The molecule has 0 spiro atoms. The predicted octanol–water partition coefficient (Wildman–Crippen LogP) is 1.26. The Morgan fingerprint density at radius 2 is 2.07 bits per heavy atom. The van der Waals surface area contributed by atoms with Crippen LogP contribution in [0.5, 0.6) is 0 Å². The van der Waals surface area contributed by atoms with E-state index in [0.29, 0.717) is 31.2 Å². The highest BCUT2D eigenvalue weighted by molar-refractivity contribution is 5.66. The fourth-order valence-corrected chi connectivity index (χ4v) is 1.45. The summed E-state index contributed by atoms with van der Waals surface area (Å²) in [6.45, 7) is 4.78. The summed E-state index contributed by atoms with van der Waals surface area (Å²) in [7, 11) is 0. The van der Waals surface area contributed by atoms with Crippen LogP contribution in [-0.4, -0.2) is 24.0 Å². The van der Waals surface area contributed by atoms with Crippen molar-refractivity contribution in [2.24, 2.45) is 11.8 Å². The third kappa shape index (κ3) is 6.46. The summed E-state index contributed by atoms with van der Waals surface area (Å²) in [4.78, 5) is 20.4. The molecule has 0 aromatic rings. The SMILES string of the molecule is CC(C)C(CCNC=O)CCC(=O)O. The molecule has 0 rings (SSSR count). The van der Waals surface area contributed by atoms with Gasteiger partial charge in [-0.25, -0.2) is 0 Å². The molecule has 0 aliphatic rings. The first-order chi connectivity index (χ1) is 6.57. The molecule has 0 saturated carbocycles. The van der Waals surface area contributed by atoms with Crippen molar-refractivity contribution in [3.8, 4) is 0 Å². The van der Waals surface area contributed by atoms with E-state index in [1.165, 1.54) is 0 Å². The molecule has 0 heterocycles. The van der Waals surface area contributed by atoms with Gasteiger partial charge in [-0.05, 0) is 24.7 Å². The minimum atomic E-state index is -0.751. The van der Waals surface area contributed by atoms with E-state index < -0.39 is 5.97 Å². The number of nitrogens with one attached hydrogen (secondary N) is 1. The number of rotatable bonds is 8. The average molecular weight is 201 g/mol. The molecular formula is C10H19NO3. The Morgan fingerprint density at radius 1 is 1.43 bits per heavy atom. The smallest absolute Gasteiger partial charge is 0.303 e. The molecule has 0 radical (unpaired) electrons. The van der Waals surface area contributed by atoms with Crippen molar-refractivity contribution in [2.45, 2.75) is 33.1 Å². The van der Waals surface area contributed by atoms with E-state index in [9.17, 15) is 9.59 Å². The maximum absolute atomic E-state index is 10.4. The van der Waals surface area contributed by atoms with Crippen LogP contribution in [0, 0.1) is 11.8 Å². The van der Waals surface area contributed by atoms with Crippen LogP contribution in [0.3, 0.4) is 0 Å². The summed E-state index contributed by atoms with van der Waals surface area (Å²) in [6, 6.07) is 0. The lowest BCUT2D eigenvalue weighted by Gasteiger charge is -2.19. The lowest BCUT2D eigenvalue weighted by molar-refractivity contribution is -0.137. The second-order valence-electron chi connectivity index (χ2n) is 3.80. The molecule has 0 fully saturated rings. The topological polar surface area (TPSA) is 66.4 Å². The Labute approximate surface area is 84.7 Å². The van der Waals surface area contributed by atoms with Gasteiger partial charge in [0.1, 0.15) is 0 Å². The van der Waals surface area contributed by atoms with Crippen LogP contribution in [-0.2, 0) is 9.59 Å². The molecule has 0 aromatic carbocycles. The predicted molar refractivity (Wildman–Crippen MR) is 53.9 cm³/mol. The molecule has 4 heteroatoms. The van der Waals surface area contributed by atoms with Crippen LogP contribution in [0.4, 0.5) is 0 Å². The number of aliphatic carboxylic acids is 1. The first-order valence-corrected chi connectivity index (χ1v) is 4.96. The van der Waals surface area contributed by atoms with Crippen LogP contribution in [0.25, 0.3) is 0 Å². The van der Waals surface area contributed by atoms with Crippen molar-refractivity contribution in [1.29, 1.82) is 0 Å². The van der Waals surface area contributed by atoms with E-state index in [2.05, 4.69) is 19.2 Å². The summed E-state index contributed by atoms with van der Waals surface area (Å²) in [5, 5.41) is 11.1. The van der Waals surface area contributed by atoms with Crippen molar-refractivity contribution >= 4 is 12.4 Å². The van der Waals surface area contributed by atoms with Gasteiger partial charge in [-0.3, -0.25) is 9.59 Å². The minimum absolute atomic E-state index is 0.212. The van der Waals surface area contributed by atoms with Gasteiger partial charge < -0.3 is 10.4 Å². The summed E-state index contributed by atoms with van der Waals surface area (Å²) < 4.78 is 0. The molecule has 0 bridgehead atoms. The van der Waals surface area contributed by atoms with Crippen molar-refractivity contribution in [3.05, 3.63) is 0 Å². The zero-order valence-corrected chi connectivity index (χ0v) is 8.82. The molecule has 4 nitrogen and oxygen atoms in total. The number of carboxylic acids is 1. The summed E-state index contributed by atoms with van der Waals surface area (Å²) in [5.74, 6) is 0.0837. The van der Waals surface area contributed by atoms with Crippen LogP contribution in [0.2, 0.25) is 0 Å². The largest absolute Gasteiger partial charge is 0.481 e. The molecule has 2 N–H and O–H groups in total. The van der Waals surface area contributed by atoms with Crippen molar-refractivity contribution in [3.63, 3.8) is 0 Å². The second-order valence-corrected chi connectivity index (χ2v) is 3.80. The van der Waals surface area contributed by atoms with Crippen LogP contribution in [0.1, 0.15) is 33.1 Å². The number of carboxylic acid groups (broad SMARTS) is 1. The van der Waals surface area contributed by atoms with Gasteiger partial charge in [-0.15, -0.1) is 0 Å².